The van der Waals surface area contributed by atoms with Crippen LogP contribution >= 0.6 is 11.3 Å². The van der Waals surface area contributed by atoms with Gasteiger partial charge in [-0.1, -0.05) is 50.7 Å². The average molecular weight is 454 g/mol. The van der Waals surface area contributed by atoms with E-state index in [1.54, 1.807) is 11.3 Å². The highest BCUT2D eigenvalue weighted by molar-refractivity contribution is 7.22. The Bertz CT molecular complexity index is 1040. The summed E-state index contributed by atoms with van der Waals surface area (Å²) in [6, 6.07) is 11.7. The Morgan fingerprint density at radius 2 is 1.84 bits per heavy atom. The lowest BCUT2D eigenvalue weighted by atomic mass is 10.1. The fourth-order valence-corrected chi connectivity index (χ4v) is 4.65. The highest BCUT2D eigenvalue weighted by atomic mass is 32.1. The lowest BCUT2D eigenvalue weighted by Crippen LogP contribution is -2.38. The molecule has 0 fully saturated rings. The molecule has 2 aromatic carbocycles. The number of fused-ring (bicyclic) bond motifs is 1. The van der Waals surface area contributed by atoms with Gasteiger partial charge < -0.3 is 9.64 Å². The first-order valence-corrected chi connectivity index (χ1v) is 12.4. The number of unbranched alkanes of at least 4 members (excludes halogenated alkanes) is 1. The van der Waals surface area contributed by atoms with Crippen molar-refractivity contribution < 1.29 is 9.53 Å². The largest absolute Gasteiger partial charge is 0.494 e. The molecule has 3 rings (SSSR count). The number of anilines is 1. The minimum absolute atomic E-state index is 0.0356. The van der Waals surface area contributed by atoms with Gasteiger partial charge in [0, 0.05) is 18.7 Å². The monoisotopic (exact) mass is 453 g/mol. The van der Waals surface area contributed by atoms with Crippen LogP contribution in [0.15, 0.2) is 36.4 Å². The number of hydrogen-bond donors (Lipinski definition) is 0. The summed E-state index contributed by atoms with van der Waals surface area (Å²) in [5.41, 5.74) is 4.01. The Labute approximate surface area is 196 Å². The van der Waals surface area contributed by atoms with E-state index in [1.165, 1.54) is 11.1 Å². The van der Waals surface area contributed by atoms with E-state index in [4.69, 9.17) is 9.72 Å². The zero-order chi connectivity index (χ0) is 23.1. The lowest BCUT2D eigenvalue weighted by molar-refractivity contribution is 0.0983. The summed E-state index contributed by atoms with van der Waals surface area (Å²) in [5.74, 6) is 0.704. The maximum atomic E-state index is 13.7. The molecule has 0 aliphatic carbocycles. The molecule has 0 aliphatic rings. The van der Waals surface area contributed by atoms with Crippen LogP contribution in [0.2, 0.25) is 0 Å². The van der Waals surface area contributed by atoms with Crippen molar-refractivity contribution in [2.24, 2.45) is 0 Å². The van der Waals surface area contributed by atoms with Gasteiger partial charge >= 0.3 is 0 Å². The Kier molecular flexibility index (Phi) is 8.65. The molecule has 6 heteroatoms. The highest BCUT2D eigenvalue weighted by Crippen LogP contribution is 2.33. The summed E-state index contributed by atoms with van der Waals surface area (Å²) >= 11 is 1.58. The van der Waals surface area contributed by atoms with Gasteiger partial charge in [0.15, 0.2) is 5.13 Å². The smallest absolute Gasteiger partial charge is 0.260 e. The Balaban J connectivity index is 1.93. The van der Waals surface area contributed by atoms with E-state index in [1.807, 2.05) is 29.2 Å². The van der Waals surface area contributed by atoms with Crippen LogP contribution in [0, 0.1) is 13.8 Å². The fraction of sp³-hybridized carbons (Fsp3) is 0.462. The van der Waals surface area contributed by atoms with Gasteiger partial charge in [-0.3, -0.25) is 9.69 Å². The molecule has 0 saturated heterocycles. The number of aromatic nitrogens is 1. The first-order valence-electron chi connectivity index (χ1n) is 11.6. The van der Waals surface area contributed by atoms with Crippen LogP contribution in [0.1, 0.15) is 55.1 Å². The minimum atomic E-state index is -0.0356. The standard InChI is InChI=1S/C26H35N3O2S/c1-6-9-17-31-22-12-10-11-21(18-22)25(30)29(16-15-28(7-2)8-3)26-27-24-20(5)19(4)13-14-23(24)32-26/h10-14,18H,6-9,15-17H2,1-5H3. The molecule has 32 heavy (non-hydrogen) atoms. The molecule has 0 spiro atoms. The molecule has 1 heterocycles. The third kappa shape index (κ3) is 5.67. The quantitative estimate of drug-likeness (QED) is 0.330. The molecule has 1 aromatic heterocycles. The molecule has 0 unspecified atom stereocenters. The summed E-state index contributed by atoms with van der Waals surface area (Å²) in [5, 5.41) is 0.753. The Morgan fingerprint density at radius 3 is 2.56 bits per heavy atom. The van der Waals surface area contributed by atoms with Crippen molar-refractivity contribution in [3.05, 3.63) is 53.1 Å². The third-order valence-corrected chi connectivity index (χ3v) is 6.98. The lowest BCUT2D eigenvalue weighted by Gasteiger charge is -2.25. The van der Waals surface area contributed by atoms with Crippen molar-refractivity contribution in [3.8, 4) is 5.75 Å². The Hall–Kier alpha value is -2.44. The minimum Gasteiger partial charge on any atom is -0.494 e. The normalized spacial score (nSPS) is 11.3. The van der Waals surface area contributed by atoms with E-state index in [9.17, 15) is 4.79 Å². The van der Waals surface area contributed by atoms with Gasteiger partial charge in [0.25, 0.3) is 5.91 Å². The molecule has 5 nitrogen and oxygen atoms in total. The summed E-state index contributed by atoms with van der Waals surface area (Å²) < 4.78 is 6.95. The van der Waals surface area contributed by atoms with E-state index >= 15 is 0 Å². The number of aryl methyl sites for hydroxylation is 2. The topological polar surface area (TPSA) is 45.7 Å². The van der Waals surface area contributed by atoms with Gasteiger partial charge in [0.2, 0.25) is 0 Å². The second kappa shape index (κ2) is 11.4. The van der Waals surface area contributed by atoms with Crippen molar-refractivity contribution >= 4 is 32.6 Å². The van der Waals surface area contributed by atoms with Crippen molar-refractivity contribution in [3.63, 3.8) is 0 Å². The number of ether oxygens (including phenoxy) is 1. The van der Waals surface area contributed by atoms with Crippen LogP contribution in [0.4, 0.5) is 5.13 Å². The molecule has 172 valence electrons. The number of rotatable bonds is 11. The molecule has 0 N–H and O–H groups in total. The molecule has 0 saturated carbocycles. The van der Waals surface area contributed by atoms with Crippen molar-refractivity contribution in [2.75, 3.05) is 37.7 Å². The van der Waals surface area contributed by atoms with Crippen LogP contribution in [0.3, 0.4) is 0 Å². The van der Waals surface area contributed by atoms with Gasteiger partial charge in [-0.15, -0.1) is 0 Å². The molecule has 0 bridgehead atoms. The maximum Gasteiger partial charge on any atom is 0.260 e. The summed E-state index contributed by atoms with van der Waals surface area (Å²) in [4.78, 5) is 22.7. The Morgan fingerprint density at radius 1 is 1.06 bits per heavy atom. The van der Waals surface area contributed by atoms with Crippen LogP contribution in [-0.4, -0.2) is 48.6 Å². The SMILES string of the molecule is CCCCOc1cccc(C(=O)N(CCN(CC)CC)c2nc3c(C)c(C)ccc3s2)c1. The number of thiazole rings is 1. The molecule has 3 aromatic rings. The van der Waals surface area contributed by atoms with Gasteiger partial charge in [0.1, 0.15) is 5.75 Å². The first kappa shape index (κ1) is 24.2. The third-order valence-electron chi connectivity index (χ3n) is 5.93. The predicted molar refractivity (Wildman–Crippen MR) is 135 cm³/mol. The maximum absolute atomic E-state index is 13.7. The summed E-state index contributed by atoms with van der Waals surface area (Å²) in [6.07, 6.45) is 2.08. The fourth-order valence-electron chi connectivity index (χ4n) is 3.60. The average Bonchev–Trinajstić information content (AvgIpc) is 3.24. The molecule has 1 amide bonds. The number of benzene rings is 2. The van der Waals surface area contributed by atoms with Crippen molar-refractivity contribution in [1.29, 1.82) is 0 Å². The second-order valence-corrected chi connectivity index (χ2v) is 9.07. The molecular weight excluding hydrogens is 418 g/mol. The second-order valence-electron chi connectivity index (χ2n) is 8.06. The molecule has 0 radical (unpaired) electrons. The summed E-state index contributed by atoms with van der Waals surface area (Å²) in [7, 11) is 0. The van der Waals surface area contributed by atoms with E-state index in [2.05, 4.69) is 51.7 Å². The van der Waals surface area contributed by atoms with Crippen LogP contribution in [-0.2, 0) is 0 Å². The number of carbonyl (C=O) groups is 1. The number of nitrogens with zero attached hydrogens (tertiary/aromatic N) is 3. The van der Waals surface area contributed by atoms with Gasteiger partial charge in [-0.05, 0) is 68.8 Å². The van der Waals surface area contributed by atoms with Crippen molar-refractivity contribution in [2.45, 2.75) is 47.5 Å². The van der Waals surface area contributed by atoms with E-state index in [0.29, 0.717) is 18.7 Å². The zero-order valence-corrected chi connectivity index (χ0v) is 20.8. The first-order chi connectivity index (χ1) is 15.5. The predicted octanol–water partition coefficient (Wildman–Crippen LogP) is 6.08. The van der Waals surface area contributed by atoms with Crippen LogP contribution in [0.5, 0.6) is 5.75 Å². The number of amides is 1. The highest BCUT2D eigenvalue weighted by Gasteiger charge is 2.23. The van der Waals surface area contributed by atoms with Gasteiger partial charge in [0.05, 0.1) is 16.8 Å². The summed E-state index contributed by atoms with van der Waals surface area (Å²) in [6.45, 7) is 14.6. The van der Waals surface area contributed by atoms with E-state index < -0.39 is 0 Å². The molecule has 0 atom stereocenters. The number of likely N-dealkylation sites (N-methyl/N-ethyl adjacent to an activating group) is 1. The number of carbonyl (C=O) groups excluding carboxylic acids is 1. The van der Waals surface area contributed by atoms with E-state index in [-0.39, 0.29) is 5.91 Å². The number of hydrogen-bond acceptors (Lipinski definition) is 5. The van der Waals surface area contributed by atoms with E-state index in [0.717, 1.165) is 53.6 Å². The van der Waals surface area contributed by atoms with Gasteiger partial charge in [-0.25, -0.2) is 4.98 Å². The van der Waals surface area contributed by atoms with Crippen LogP contribution < -0.4 is 9.64 Å². The van der Waals surface area contributed by atoms with Crippen molar-refractivity contribution in [1.82, 2.24) is 9.88 Å². The van der Waals surface area contributed by atoms with Gasteiger partial charge in [-0.2, -0.15) is 0 Å². The zero-order valence-electron chi connectivity index (χ0n) is 20.0. The van der Waals surface area contributed by atoms with Crippen LogP contribution in [0.25, 0.3) is 10.2 Å². The molecule has 0 aliphatic heterocycles. The molecular formula is C26H35N3O2S.